The first-order valence-electron chi connectivity index (χ1n) is 4.69. The highest BCUT2D eigenvalue weighted by atomic mass is 35.5. The molecule has 0 atom stereocenters. The molecule has 0 saturated heterocycles. The molecule has 16 heavy (non-hydrogen) atoms. The highest BCUT2D eigenvalue weighted by molar-refractivity contribution is 7.11. The number of thiophene rings is 1. The van der Waals surface area contributed by atoms with Crippen LogP contribution in [0.15, 0.2) is 35.7 Å². The van der Waals surface area contributed by atoms with Crippen LogP contribution in [0.1, 0.15) is 15.2 Å². The summed E-state index contributed by atoms with van der Waals surface area (Å²) in [6.45, 7) is 0.464. The number of benzene rings is 1. The van der Waals surface area contributed by atoms with Crippen molar-refractivity contribution in [1.82, 2.24) is 0 Å². The van der Waals surface area contributed by atoms with Gasteiger partial charge in [-0.2, -0.15) is 0 Å². The van der Waals surface area contributed by atoms with Crippen molar-refractivity contribution in [2.24, 2.45) is 0 Å². The van der Waals surface area contributed by atoms with Crippen LogP contribution < -0.4 is 4.74 Å². The van der Waals surface area contributed by atoms with Crippen molar-refractivity contribution in [1.29, 1.82) is 0 Å². The van der Waals surface area contributed by atoms with Crippen LogP contribution in [0.25, 0.3) is 0 Å². The molecule has 0 aliphatic carbocycles. The molecule has 0 unspecified atom stereocenters. The van der Waals surface area contributed by atoms with Gasteiger partial charge in [0.2, 0.25) is 0 Å². The minimum atomic E-state index is 0.464. The van der Waals surface area contributed by atoms with Gasteiger partial charge in [0.25, 0.3) is 0 Å². The van der Waals surface area contributed by atoms with E-state index in [1.54, 1.807) is 12.1 Å². The summed E-state index contributed by atoms with van der Waals surface area (Å²) in [5.41, 5.74) is 1.00. The first-order chi connectivity index (χ1) is 7.78. The van der Waals surface area contributed by atoms with Gasteiger partial charge in [0.15, 0.2) is 6.29 Å². The monoisotopic (exact) mass is 252 g/mol. The standard InChI is InChI=1S/C12H9ClO2S/c13-10-1-3-11(4-2-10)15-7-9-5-12(6-14)16-8-9/h1-6,8H,7H2. The second-order valence-corrected chi connectivity index (χ2v) is 4.60. The van der Waals surface area contributed by atoms with Gasteiger partial charge in [-0.15, -0.1) is 11.3 Å². The van der Waals surface area contributed by atoms with Crippen LogP contribution in [0.2, 0.25) is 5.02 Å². The van der Waals surface area contributed by atoms with E-state index in [1.807, 2.05) is 23.6 Å². The first kappa shape index (κ1) is 11.2. The third kappa shape index (κ3) is 2.84. The van der Waals surface area contributed by atoms with Crippen molar-refractivity contribution >= 4 is 29.2 Å². The third-order valence-electron chi connectivity index (χ3n) is 2.01. The van der Waals surface area contributed by atoms with E-state index in [-0.39, 0.29) is 0 Å². The van der Waals surface area contributed by atoms with E-state index in [4.69, 9.17) is 16.3 Å². The quantitative estimate of drug-likeness (QED) is 0.774. The zero-order chi connectivity index (χ0) is 11.4. The lowest BCUT2D eigenvalue weighted by Crippen LogP contribution is -1.93. The van der Waals surface area contributed by atoms with Crippen LogP contribution in [0, 0.1) is 0 Å². The van der Waals surface area contributed by atoms with Gasteiger partial charge in [-0.05, 0) is 35.7 Å². The molecule has 0 aliphatic rings. The predicted molar refractivity (Wildman–Crippen MR) is 65.5 cm³/mol. The number of carbonyl (C=O) groups excluding carboxylic acids is 1. The van der Waals surface area contributed by atoms with Gasteiger partial charge in [0, 0.05) is 10.6 Å². The van der Waals surface area contributed by atoms with Gasteiger partial charge in [0.1, 0.15) is 12.4 Å². The number of aldehydes is 1. The molecule has 0 fully saturated rings. The van der Waals surface area contributed by atoms with Crippen molar-refractivity contribution in [2.45, 2.75) is 6.61 Å². The number of hydrogen-bond acceptors (Lipinski definition) is 3. The lowest BCUT2D eigenvalue weighted by atomic mass is 10.3. The maximum Gasteiger partial charge on any atom is 0.160 e. The molecule has 2 nitrogen and oxygen atoms in total. The lowest BCUT2D eigenvalue weighted by Gasteiger charge is -2.04. The van der Waals surface area contributed by atoms with Crippen LogP contribution in [-0.2, 0) is 6.61 Å². The molecule has 0 radical (unpaired) electrons. The molecular weight excluding hydrogens is 244 g/mol. The third-order valence-corrected chi connectivity index (χ3v) is 3.17. The minimum absolute atomic E-state index is 0.464. The summed E-state index contributed by atoms with van der Waals surface area (Å²) in [4.78, 5) is 11.2. The maximum atomic E-state index is 10.5. The molecule has 0 spiro atoms. The second-order valence-electron chi connectivity index (χ2n) is 3.22. The topological polar surface area (TPSA) is 26.3 Å². The van der Waals surface area contributed by atoms with Crippen molar-refractivity contribution in [3.8, 4) is 5.75 Å². The highest BCUT2D eigenvalue weighted by Gasteiger charge is 2.00. The Bertz CT molecular complexity index is 476. The largest absolute Gasteiger partial charge is 0.489 e. The fourth-order valence-corrected chi connectivity index (χ4v) is 2.05. The maximum absolute atomic E-state index is 10.5. The summed E-state index contributed by atoms with van der Waals surface area (Å²) >= 11 is 7.18. The average Bonchev–Trinajstić information content (AvgIpc) is 2.76. The average molecular weight is 253 g/mol. The first-order valence-corrected chi connectivity index (χ1v) is 5.94. The fraction of sp³-hybridized carbons (Fsp3) is 0.0833. The van der Waals surface area contributed by atoms with Crippen LogP contribution in [0.4, 0.5) is 0 Å². The lowest BCUT2D eigenvalue weighted by molar-refractivity contribution is 0.112. The van der Waals surface area contributed by atoms with E-state index in [2.05, 4.69) is 0 Å². The van der Waals surface area contributed by atoms with Gasteiger partial charge in [0.05, 0.1) is 4.88 Å². The van der Waals surface area contributed by atoms with E-state index in [9.17, 15) is 4.79 Å². The van der Waals surface area contributed by atoms with Crippen molar-refractivity contribution < 1.29 is 9.53 Å². The smallest absolute Gasteiger partial charge is 0.160 e. The number of hydrogen-bond donors (Lipinski definition) is 0. The summed E-state index contributed by atoms with van der Waals surface area (Å²) in [6, 6.07) is 9.01. The molecule has 0 amide bonds. The van der Waals surface area contributed by atoms with Crippen molar-refractivity contribution in [3.63, 3.8) is 0 Å². The Labute approximate surface area is 102 Å². The van der Waals surface area contributed by atoms with E-state index in [1.165, 1.54) is 11.3 Å². The highest BCUT2D eigenvalue weighted by Crippen LogP contribution is 2.18. The summed E-state index contributed by atoms with van der Waals surface area (Å²) in [7, 11) is 0. The SMILES string of the molecule is O=Cc1cc(COc2ccc(Cl)cc2)cs1. The Balaban J connectivity index is 1.96. The predicted octanol–water partition coefficient (Wildman–Crippen LogP) is 3.79. The normalized spacial score (nSPS) is 10.1. The second kappa shape index (κ2) is 5.14. The van der Waals surface area contributed by atoms with Crippen LogP contribution >= 0.6 is 22.9 Å². The van der Waals surface area contributed by atoms with E-state index >= 15 is 0 Å². The molecule has 82 valence electrons. The molecule has 0 saturated carbocycles. The van der Waals surface area contributed by atoms with Gasteiger partial charge < -0.3 is 4.74 Å². The molecule has 4 heteroatoms. The summed E-state index contributed by atoms with van der Waals surface area (Å²) in [6.07, 6.45) is 0.844. The fourth-order valence-electron chi connectivity index (χ4n) is 1.23. The van der Waals surface area contributed by atoms with Crippen LogP contribution in [-0.4, -0.2) is 6.29 Å². The Morgan fingerprint density at radius 2 is 2.06 bits per heavy atom. The van der Waals surface area contributed by atoms with E-state index in [0.717, 1.165) is 22.5 Å². The summed E-state index contributed by atoms with van der Waals surface area (Å²) in [5.74, 6) is 0.767. The zero-order valence-electron chi connectivity index (χ0n) is 8.35. The summed E-state index contributed by atoms with van der Waals surface area (Å²) < 4.78 is 5.54. The number of ether oxygens (including phenoxy) is 1. The molecule has 0 bridgehead atoms. The Kier molecular flexibility index (Phi) is 3.59. The molecule has 0 aliphatic heterocycles. The zero-order valence-corrected chi connectivity index (χ0v) is 9.92. The van der Waals surface area contributed by atoms with Crippen LogP contribution in [0.3, 0.4) is 0 Å². The minimum Gasteiger partial charge on any atom is -0.489 e. The molecule has 1 heterocycles. The molecule has 1 aromatic carbocycles. The van der Waals surface area contributed by atoms with Gasteiger partial charge in [-0.25, -0.2) is 0 Å². The van der Waals surface area contributed by atoms with Crippen molar-refractivity contribution in [2.75, 3.05) is 0 Å². The Morgan fingerprint density at radius 1 is 1.31 bits per heavy atom. The molecule has 0 N–H and O–H groups in total. The molecule has 2 rings (SSSR count). The molecule has 1 aromatic heterocycles. The molecule has 2 aromatic rings. The number of halogens is 1. The van der Waals surface area contributed by atoms with Gasteiger partial charge in [-0.3, -0.25) is 4.79 Å². The van der Waals surface area contributed by atoms with Crippen LogP contribution in [0.5, 0.6) is 5.75 Å². The van der Waals surface area contributed by atoms with E-state index < -0.39 is 0 Å². The number of rotatable bonds is 4. The van der Waals surface area contributed by atoms with Gasteiger partial charge in [-0.1, -0.05) is 11.6 Å². The van der Waals surface area contributed by atoms with Gasteiger partial charge >= 0.3 is 0 Å². The summed E-state index contributed by atoms with van der Waals surface area (Å²) in [5, 5.41) is 2.60. The van der Waals surface area contributed by atoms with E-state index in [0.29, 0.717) is 11.6 Å². The Morgan fingerprint density at radius 3 is 2.69 bits per heavy atom. The Hall–Kier alpha value is -1.32. The number of carbonyl (C=O) groups is 1. The molecular formula is C12H9ClO2S. The van der Waals surface area contributed by atoms with Crippen molar-refractivity contribution in [3.05, 3.63) is 51.2 Å².